The fourth-order valence-corrected chi connectivity index (χ4v) is 0.634. The van der Waals surface area contributed by atoms with Crippen LogP contribution >= 0.6 is 0 Å². The van der Waals surface area contributed by atoms with E-state index < -0.39 is 0 Å². The van der Waals surface area contributed by atoms with Gasteiger partial charge in [0.1, 0.15) is 0 Å². The third-order valence-corrected chi connectivity index (χ3v) is 1.29. The minimum absolute atomic E-state index is 0.0810. The van der Waals surface area contributed by atoms with Gasteiger partial charge in [-0.25, -0.2) is 0 Å². The summed E-state index contributed by atoms with van der Waals surface area (Å²) >= 11 is 0. The highest BCUT2D eigenvalue weighted by Gasteiger charge is 1.90. The number of hydrogen-bond donors (Lipinski definition) is 1. The maximum absolute atomic E-state index is 8.37. The van der Waals surface area contributed by atoms with Crippen molar-refractivity contribution >= 4 is 0 Å². The third kappa shape index (κ3) is 9.84. The van der Waals surface area contributed by atoms with Crippen molar-refractivity contribution in [3.05, 3.63) is 0 Å². The van der Waals surface area contributed by atoms with Crippen LogP contribution in [0.4, 0.5) is 0 Å². The highest BCUT2D eigenvalue weighted by Crippen LogP contribution is 1.80. The van der Waals surface area contributed by atoms with E-state index in [2.05, 4.69) is 4.90 Å². The number of nitrogens with zero attached hydrogens (tertiary/aromatic N) is 1. The standard InChI is InChI=1S/C8H19NO3/c1-9(2)3-5-11-7-8-12-6-4-10/h10H,3-8H2,1-2H3. The lowest BCUT2D eigenvalue weighted by molar-refractivity contribution is 0.0295. The molecule has 0 spiro atoms. The molecule has 1 N–H and O–H groups in total. The monoisotopic (exact) mass is 177 g/mol. The van der Waals surface area contributed by atoms with E-state index in [1.165, 1.54) is 0 Å². The van der Waals surface area contributed by atoms with E-state index >= 15 is 0 Å². The zero-order valence-corrected chi connectivity index (χ0v) is 7.95. The van der Waals surface area contributed by atoms with Crippen molar-refractivity contribution in [3.8, 4) is 0 Å². The Kier molecular flexibility index (Phi) is 8.81. The summed E-state index contributed by atoms with van der Waals surface area (Å²) in [5.41, 5.74) is 0. The van der Waals surface area contributed by atoms with E-state index in [1.54, 1.807) is 0 Å². The molecule has 4 nitrogen and oxygen atoms in total. The summed E-state index contributed by atoms with van der Waals surface area (Å²) < 4.78 is 10.2. The van der Waals surface area contributed by atoms with Crippen molar-refractivity contribution in [2.45, 2.75) is 0 Å². The molecule has 12 heavy (non-hydrogen) atoms. The second-order valence-electron chi connectivity index (χ2n) is 2.75. The van der Waals surface area contributed by atoms with Crippen LogP contribution in [0.2, 0.25) is 0 Å². The first-order valence-electron chi connectivity index (χ1n) is 4.18. The summed E-state index contributed by atoms with van der Waals surface area (Å²) in [6, 6.07) is 0. The number of likely N-dealkylation sites (N-methyl/N-ethyl adjacent to an activating group) is 1. The van der Waals surface area contributed by atoms with Gasteiger partial charge in [-0.1, -0.05) is 0 Å². The van der Waals surface area contributed by atoms with E-state index in [-0.39, 0.29) is 6.61 Å². The van der Waals surface area contributed by atoms with E-state index in [0.717, 1.165) is 13.2 Å². The second-order valence-corrected chi connectivity index (χ2v) is 2.75. The van der Waals surface area contributed by atoms with Crippen LogP contribution in [0.25, 0.3) is 0 Å². The zero-order chi connectivity index (χ0) is 9.23. The number of ether oxygens (including phenoxy) is 2. The summed E-state index contributed by atoms with van der Waals surface area (Å²) in [6.45, 7) is 3.31. The van der Waals surface area contributed by atoms with Gasteiger partial charge in [0.2, 0.25) is 0 Å². The average Bonchev–Trinajstić information content (AvgIpc) is 2.02. The van der Waals surface area contributed by atoms with Crippen molar-refractivity contribution in [3.63, 3.8) is 0 Å². The van der Waals surface area contributed by atoms with E-state index in [9.17, 15) is 0 Å². The summed E-state index contributed by atoms with van der Waals surface area (Å²) in [7, 11) is 4.01. The largest absolute Gasteiger partial charge is 0.394 e. The number of aliphatic hydroxyl groups excluding tert-OH is 1. The Bertz CT molecular complexity index is 88.4. The van der Waals surface area contributed by atoms with Crippen molar-refractivity contribution in [2.24, 2.45) is 0 Å². The fraction of sp³-hybridized carbons (Fsp3) is 1.00. The normalized spacial score (nSPS) is 11.0. The molecule has 0 saturated heterocycles. The van der Waals surface area contributed by atoms with Gasteiger partial charge in [0.15, 0.2) is 0 Å². The molecule has 0 radical (unpaired) electrons. The lowest BCUT2D eigenvalue weighted by Crippen LogP contribution is -2.19. The van der Waals surface area contributed by atoms with Gasteiger partial charge in [0.25, 0.3) is 0 Å². The Morgan fingerprint density at radius 1 is 1.00 bits per heavy atom. The summed E-state index contributed by atoms with van der Waals surface area (Å²) in [6.07, 6.45) is 0. The van der Waals surface area contributed by atoms with Crippen LogP contribution in [0.15, 0.2) is 0 Å². The SMILES string of the molecule is CN(C)CCOCCOCCO. The van der Waals surface area contributed by atoms with Crippen LogP contribution in [-0.2, 0) is 9.47 Å². The molecule has 0 rings (SSSR count). The Morgan fingerprint density at radius 3 is 2.08 bits per heavy atom. The van der Waals surface area contributed by atoms with Crippen LogP contribution in [0.3, 0.4) is 0 Å². The van der Waals surface area contributed by atoms with E-state index in [4.69, 9.17) is 14.6 Å². The number of hydrogen-bond acceptors (Lipinski definition) is 4. The molecule has 0 amide bonds. The summed E-state index contributed by atoms with van der Waals surface area (Å²) in [5, 5.41) is 8.37. The van der Waals surface area contributed by atoms with Gasteiger partial charge in [0, 0.05) is 6.54 Å². The lowest BCUT2D eigenvalue weighted by Gasteiger charge is -2.09. The Labute approximate surface area is 74.1 Å². The predicted octanol–water partition coefficient (Wildman–Crippen LogP) is -0.426. The van der Waals surface area contributed by atoms with Gasteiger partial charge in [0.05, 0.1) is 33.0 Å². The number of aliphatic hydroxyl groups is 1. The highest BCUT2D eigenvalue weighted by molar-refractivity contribution is 4.39. The molecule has 0 heterocycles. The van der Waals surface area contributed by atoms with Crippen molar-refractivity contribution in [1.29, 1.82) is 0 Å². The molecular formula is C8H19NO3. The Balaban J connectivity index is 2.82. The first kappa shape index (κ1) is 11.8. The second kappa shape index (κ2) is 8.93. The predicted molar refractivity (Wildman–Crippen MR) is 47.3 cm³/mol. The van der Waals surface area contributed by atoms with Gasteiger partial charge in [-0.2, -0.15) is 0 Å². The van der Waals surface area contributed by atoms with Gasteiger partial charge in [-0.05, 0) is 14.1 Å². The molecule has 0 bridgehead atoms. The zero-order valence-electron chi connectivity index (χ0n) is 7.95. The van der Waals surface area contributed by atoms with Crippen LogP contribution in [0.1, 0.15) is 0 Å². The molecular weight excluding hydrogens is 158 g/mol. The Hall–Kier alpha value is -0.160. The van der Waals surface area contributed by atoms with Gasteiger partial charge >= 0.3 is 0 Å². The fourth-order valence-electron chi connectivity index (χ4n) is 0.634. The first-order chi connectivity index (χ1) is 5.77. The summed E-state index contributed by atoms with van der Waals surface area (Å²) in [5.74, 6) is 0. The quantitative estimate of drug-likeness (QED) is 0.511. The first-order valence-corrected chi connectivity index (χ1v) is 4.18. The van der Waals surface area contributed by atoms with E-state index in [1.807, 2.05) is 14.1 Å². The van der Waals surface area contributed by atoms with Crippen molar-refractivity contribution < 1.29 is 14.6 Å². The molecule has 74 valence electrons. The molecule has 0 aliphatic heterocycles. The topological polar surface area (TPSA) is 41.9 Å². The molecule has 0 aromatic heterocycles. The average molecular weight is 177 g/mol. The minimum Gasteiger partial charge on any atom is -0.394 e. The number of rotatable bonds is 8. The molecule has 0 saturated carbocycles. The molecule has 0 aliphatic rings. The van der Waals surface area contributed by atoms with Crippen molar-refractivity contribution in [2.75, 3.05) is 53.7 Å². The molecule has 0 atom stereocenters. The van der Waals surface area contributed by atoms with Crippen LogP contribution in [0.5, 0.6) is 0 Å². The molecule has 0 aromatic carbocycles. The maximum Gasteiger partial charge on any atom is 0.0701 e. The van der Waals surface area contributed by atoms with Gasteiger partial charge < -0.3 is 19.5 Å². The minimum atomic E-state index is 0.0810. The molecule has 0 aromatic rings. The van der Waals surface area contributed by atoms with Crippen molar-refractivity contribution in [1.82, 2.24) is 4.90 Å². The van der Waals surface area contributed by atoms with Gasteiger partial charge in [-0.3, -0.25) is 0 Å². The lowest BCUT2D eigenvalue weighted by atomic mass is 10.6. The maximum atomic E-state index is 8.37. The molecule has 0 unspecified atom stereocenters. The van der Waals surface area contributed by atoms with Crippen LogP contribution in [-0.4, -0.2) is 63.7 Å². The van der Waals surface area contributed by atoms with Gasteiger partial charge in [-0.15, -0.1) is 0 Å². The van der Waals surface area contributed by atoms with E-state index in [0.29, 0.717) is 19.8 Å². The third-order valence-electron chi connectivity index (χ3n) is 1.29. The molecule has 0 aliphatic carbocycles. The van der Waals surface area contributed by atoms with Crippen LogP contribution in [0, 0.1) is 0 Å². The highest BCUT2D eigenvalue weighted by atomic mass is 16.5. The Morgan fingerprint density at radius 2 is 1.58 bits per heavy atom. The van der Waals surface area contributed by atoms with Crippen LogP contribution < -0.4 is 0 Å². The molecule has 4 heteroatoms. The summed E-state index contributed by atoms with van der Waals surface area (Å²) in [4.78, 5) is 2.06. The smallest absolute Gasteiger partial charge is 0.0701 e. The molecule has 0 fully saturated rings.